The van der Waals surface area contributed by atoms with E-state index in [2.05, 4.69) is 12.2 Å². The Morgan fingerprint density at radius 1 is 1.60 bits per heavy atom. The van der Waals surface area contributed by atoms with E-state index in [1.54, 1.807) is 0 Å². The second kappa shape index (κ2) is 5.65. The van der Waals surface area contributed by atoms with Gasteiger partial charge in [0.2, 0.25) is 0 Å². The van der Waals surface area contributed by atoms with Crippen molar-refractivity contribution >= 4 is 0 Å². The van der Waals surface area contributed by atoms with Gasteiger partial charge < -0.3 is 5.32 Å². The van der Waals surface area contributed by atoms with Crippen LogP contribution in [-0.4, -0.2) is 38.4 Å². The molecule has 10 heavy (non-hydrogen) atoms. The van der Waals surface area contributed by atoms with E-state index in [4.69, 9.17) is 4.84 Å². The number of hydroxylamine groups is 2. The maximum Gasteiger partial charge on any atom is 0.0656 e. The number of hydrogen-bond acceptors (Lipinski definition) is 3. The molecule has 1 unspecified atom stereocenters. The molecule has 0 heterocycles. The van der Waals surface area contributed by atoms with Crippen LogP contribution in [0.25, 0.3) is 0 Å². The predicted octanol–water partition coefficient (Wildman–Crippen LogP) is 0.478. The first-order chi connectivity index (χ1) is 4.70. The topological polar surface area (TPSA) is 24.5 Å². The molecule has 0 aromatic rings. The van der Waals surface area contributed by atoms with E-state index < -0.39 is 0 Å². The van der Waals surface area contributed by atoms with E-state index >= 15 is 0 Å². The highest BCUT2D eigenvalue weighted by molar-refractivity contribution is 4.56. The first-order valence-electron chi connectivity index (χ1n) is 3.72. The second-order valence-corrected chi connectivity index (χ2v) is 2.42. The molecule has 0 spiro atoms. The second-order valence-electron chi connectivity index (χ2n) is 2.42. The zero-order valence-corrected chi connectivity index (χ0v) is 7.35. The van der Waals surface area contributed by atoms with Gasteiger partial charge in [-0.2, -0.15) is 5.06 Å². The summed E-state index contributed by atoms with van der Waals surface area (Å²) >= 11 is 0. The Labute approximate surface area is 63.3 Å². The van der Waals surface area contributed by atoms with Gasteiger partial charge >= 0.3 is 0 Å². The highest BCUT2D eigenvalue weighted by Gasteiger charge is 2.01. The van der Waals surface area contributed by atoms with Gasteiger partial charge in [-0.05, 0) is 20.9 Å². The van der Waals surface area contributed by atoms with Crippen LogP contribution in [0, 0.1) is 0 Å². The van der Waals surface area contributed by atoms with E-state index in [1.165, 1.54) is 0 Å². The Bertz CT molecular complexity index is 78.0. The van der Waals surface area contributed by atoms with Gasteiger partial charge in [0.1, 0.15) is 0 Å². The summed E-state index contributed by atoms with van der Waals surface area (Å²) in [5.74, 6) is 0. The first kappa shape index (κ1) is 9.88. The molecule has 0 fully saturated rings. The molecule has 62 valence electrons. The van der Waals surface area contributed by atoms with Gasteiger partial charge in [0.25, 0.3) is 0 Å². The molecule has 0 aromatic carbocycles. The smallest absolute Gasteiger partial charge is 0.0656 e. The average molecular weight is 146 g/mol. The van der Waals surface area contributed by atoms with Crippen LogP contribution in [0.5, 0.6) is 0 Å². The molecule has 0 saturated heterocycles. The molecule has 0 amide bonds. The van der Waals surface area contributed by atoms with Crippen LogP contribution in [0.3, 0.4) is 0 Å². The third-order valence-electron chi connectivity index (χ3n) is 1.37. The van der Waals surface area contributed by atoms with Crippen LogP contribution in [0.15, 0.2) is 0 Å². The fourth-order valence-electron chi connectivity index (χ4n) is 0.750. The summed E-state index contributed by atoms with van der Waals surface area (Å²) in [4.78, 5) is 5.21. The molecule has 0 radical (unpaired) electrons. The molecule has 0 aliphatic rings. The number of rotatable bonds is 5. The molecule has 1 N–H and O–H groups in total. The summed E-state index contributed by atoms with van der Waals surface area (Å²) in [5, 5.41) is 4.98. The van der Waals surface area contributed by atoms with Gasteiger partial charge in [-0.3, -0.25) is 4.84 Å². The van der Waals surface area contributed by atoms with E-state index in [9.17, 15) is 0 Å². The van der Waals surface area contributed by atoms with Gasteiger partial charge in [-0.15, -0.1) is 0 Å². The monoisotopic (exact) mass is 146 g/mol. The van der Waals surface area contributed by atoms with Crippen molar-refractivity contribution in [1.29, 1.82) is 0 Å². The molecular weight excluding hydrogens is 128 g/mol. The van der Waals surface area contributed by atoms with Crippen molar-refractivity contribution in [2.24, 2.45) is 0 Å². The lowest BCUT2D eigenvalue weighted by atomic mass is 10.3. The quantitative estimate of drug-likeness (QED) is 0.571. The summed E-state index contributed by atoms with van der Waals surface area (Å²) in [5.41, 5.74) is 0. The van der Waals surface area contributed by atoms with Crippen molar-refractivity contribution in [2.45, 2.75) is 19.9 Å². The van der Waals surface area contributed by atoms with Crippen molar-refractivity contribution in [3.63, 3.8) is 0 Å². The van der Waals surface area contributed by atoms with Crippen LogP contribution in [-0.2, 0) is 4.84 Å². The Balaban J connectivity index is 3.27. The molecule has 0 aliphatic heterocycles. The van der Waals surface area contributed by atoms with E-state index in [-0.39, 0.29) is 0 Å². The molecule has 3 nitrogen and oxygen atoms in total. The molecule has 3 heteroatoms. The maximum atomic E-state index is 5.21. The Hall–Kier alpha value is -0.120. The molecule has 0 rings (SSSR count). The van der Waals surface area contributed by atoms with Crippen LogP contribution in [0.2, 0.25) is 0 Å². The first-order valence-corrected chi connectivity index (χ1v) is 3.72. The predicted molar refractivity (Wildman–Crippen MR) is 42.8 cm³/mol. The van der Waals surface area contributed by atoms with Crippen LogP contribution < -0.4 is 5.32 Å². The van der Waals surface area contributed by atoms with E-state index in [0.29, 0.717) is 6.04 Å². The fraction of sp³-hybridized carbons (Fsp3) is 1.00. The largest absolute Gasteiger partial charge is 0.316 e. The Morgan fingerprint density at radius 2 is 2.20 bits per heavy atom. The van der Waals surface area contributed by atoms with Gasteiger partial charge in [0, 0.05) is 19.6 Å². The minimum Gasteiger partial charge on any atom is -0.316 e. The molecule has 0 bridgehead atoms. The highest BCUT2D eigenvalue weighted by atomic mass is 16.7. The third-order valence-corrected chi connectivity index (χ3v) is 1.37. The lowest BCUT2D eigenvalue weighted by molar-refractivity contribution is -0.137. The molecule has 0 aliphatic carbocycles. The number of hydrogen-bond donors (Lipinski definition) is 1. The van der Waals surface area contributed by atoms with E-state index in [0.717, 1.165) is 13.2 Å². The van der Waals surface area contributed by atoms with Crippen LogP contribution in [0.4, 0.5) is 0 Å². The minimum absolute atomic E-state index is 0.483. The average Bonchev–Trinajstić information content (AvgIpc) is 1.88. The van der Waals surface area contributed by atoms with Crippen LogP contribution in [0.1, 0.15) is 13.8 Å². The number of nitrogens with one attached hydrogen (secondary N) is 1. The van der Waals surface area contributed by atoms with Gasteiger partial charge in [-0.1, -0.05) is 0 Å². The van der Waals surface area contributed by atoms with Crippen molar-refractivity contribution in [1.82, 2.24) is 10.4 Å². The van der Waals surface area contributed by atoms with E-state index in [1.807, 2.05) is 26.1 Å². The number of likely N-dealkylation sites (N-methyl/N-ethyl adjacent to an activating group) is 2. The summed E-state index contributed by atoms with van der Waals surface area (Å²) in [6.07, 6.45) is 0. The standard InChI is InChI=1S/C7H18N2O/c1-5-10-9(4)6-7(2)8-3/h7-8H,5-6H2,1-4H3. The van der Waals surface area contributed by atoms with Crippen LogP contribution >= 0.6 is 0 Å². The van der Waals surface area contributed by atoms with Crippen molar-refractivity contribution in [3.8, 4) is 0 Å². The van der Waals surface area contributed by atoms with Crippen molar-refractivity contribution < 1.29 is 4.84 Å². The molecular formula is C7H18N2O. The molecule has 0 saturated carbocycles. The summed E-state index contributed by atoms with van der Waals surface area (Å²) in [6.45, 7) is 5.77. The normalized spacial score (nSPS) is 14.1. The van der Waals surface area contributed by atoms with Gasteiger partial charge in [0.05, 0.1) is 6.61 Å². The lowest BCUT2D eigenvalue weighted by Crippen LogP contribution is -2.35. The fourth-order valence-corrected chi connectivity index (χ4v) is 0.750. The summed E-state index contributed by atoms with van der Waals surface area (Å²) in [7, 11) is 3.89. The number of nitrogens with zero attached hydrogens (tertiary/aromatic N) is 1. The summed E-state index contributed by atoms with van der Waals surface area (Å²) in [6, 6.07) is 0.483. The Kier molecular flexibility index (Phi) is 5.58. The SMILES string of the molecule is CCON(C)CC(C)NC. The molecule has 0 aromatic heterocycles. The molecule has 1 atom stereocenters. The van der Waals surface area contributed by atoms with Gasteiger partial charge in [0.15, 0.2) is 0 Å². The van der Waals surface area contributed by atoms with Gasteiger partial charge in [-0.25, -0.2) is 0 Å². The minimum atomic E-state index is 0.483. The maximum absolute atomic E-state index is 5.21. The van der Waals surface area contributed by atoms with Crippen molar-refractivity contribution in [3.05, 3.63) is 0 Å². The third kappa shape index (κ3) is 4.73. The zero-order valence-electron chi connectivity index (χ0n) is 7.35. The zero-order chi connectivity index (χ0) is 7.98. The van der Waals surface area contributed by atoms with Crippen molar-refractivity contribution in [2.75, 3.05) is 27.2 Å². The summed E-state index contributed by atoms with van der Waals surface area (Å²) < 4.78 is 0. The Morgan fingerprint density at radius 3 is 2.60 bits per heavy atom. The lowest BCUT2D eigenvalue weighted by Gasteiger charge is -2.19. The highest BCUT2D eigenvalue weighted by Crippen LogP contribution is 1.87.